The van der Waals surface area contributed by atoms with Gasteiger partial charge in [-0.05, 0) is 36.8 Å². The molecule has 2 aromatic carbocycles. The van der Waals surface area contributed by atoms with Crippen molar-refractivity contribution in [3.63, 3.8) is 0 Å². The number of aromatic nitrogens is 2. The van der Waals surface area contributed by atoms with E-state index < -0.39 is 0 Å². The zero-order valence-corrected chi connectivity index (χ0v) is 15.4. The van der Waals surface area contributed by atoms with Gasteiger partial charge in [0.1, 0.15) is 11.6 Å². The lowest BCUT2D eigenvalue weighted by molar-refractivity contribution is -0.128. The van der Waals surface area contributed by atoms with Crippen LogP contribution in [0.1, 0.15) is 30.7 Å². The zero-order chi connectivity index (χ0) is 19.0. The number of amides is 1. The molecule has 0 N–H and O–H groups in total. The van der Waals surface area contributed by atoms with Crippen LogP contribution >= 0.6 is 0 Å². The van der Waals surface area contributed by atoms with E-state index in [0.717, 1.165) is 28.0 Å². The molecule has 0 aliphatic carbocycles. The van der Waals surface area contributed by atoms with Crippen molar-refractivity contribution < 1.29 is 9.18 Å². The van der Waals surface area contributed by atoms with E-state index in [4.69, 9.17) is 4.98 Å². The highest BCUT2D eigenvalue weighted by Gasteiger charge is 2.33. The van der Waals surface area contributed by atoms with Crippen molar-refractivity contribution in [3.05, 3.63) is 77.9 Å². The first-order chi connectivity index (χ1) is 13.0. The van der Waals surface area contributed by atoms with Crippen molar-refractivity contribution in [1.29, 1.82) is 0 Å². The van der Waals surface area contributed by atoms with E-state index in [1.807, 2.05) is 30.0 Å². The number of carbonyl (C=O) groups excluding carboxylic acids is 1. The number of rotatable bonds is 5. The van der Waals surface area contributed by atoms with E-state index in [9.17, 15) is 9.18 Å². The molecule has 4 nitrogen and oxygen atoms in total. The number of halogens is 1. The standard InChI is InChI=1S/C22H22FN3O/c1-15(2)12-26-20-6-4-3-5-19(20)24-22(26)17-11-21(27)25(14-17)13-16-7-9-18(23)10-8-16/h3-10,17H,1,11-14H2,2H3. The molecular formula is C22H22FN3O. The summed E-state index contributed by atoms with van der Waals surface area (Å²) in [6, 6.07) is 14.4. The number of para-hydroxylation sites is 2. The van der Waals surface area contributed by atoms with E-state index in [2.05, 4.69) is 17.2 Å². The number of carbonyl (C=O) groups is 1. The maximum atomic E-state index is 13.1. The Morgan fingerprint density at radius 1 is 1.22 bits per heavy atom. The Morgan fingerprint density at radius 3 is 2.70 bits per heavy atom. The molecule has 1 amide bonds. The third kappa shape index (κ3) is 3.50. The molecule has 1 fully saturated rings. The van der Waals surface area contributed by atoms with E-state index in [1.54, 1.807) is 12.1 Å². The summed E-state index contributed by atoms with van der Waals surface area (Å²) in [4.78, 5) is 19.2. The van der Waals surface area contributed by atoms with Gasteiger partial charge in [-0.1, -0.05) is 36.4 Å². The molecule has 1 saturated heterocycles. The molecule has 138 valence electrons. The van der Waals surface area contributed by atoms with Crippen LogP contribution in [0, 0.1) is 5.82 Å². The second-order valence-corrected chi connectivity index (χ2v) is 7.30. The highest BCUT2D eigenvalue weighted by atomic mass is 19.1. The highest BCUT2D eigenvalue weighted by molar-refractivity contribution is 5.81. The Morgan fingerprint density at radius 2 is 1.96 bits per heavy atom. The van der Waals surface area contributed by atoms with Gasteiger partial charge in [0.2, 0.25) is 5.91 Å². The largest absolute Gasteiger partial charge is 0.338 e. The molecule has 1 unspecified atom stereocenters. The number of allylic oxidation sites excluding steroid dienone is 1. The van der Waals surface area contributed by atoms with Crippen LogP contribution in [0.25, 0.3) is 11.0 Å². The average Bonchev–Trinajstić information content (AvgIpc) is 3.18. The van der Waals surface area contributed by atoms with Gasteiger partial charge in [-0.15, -0.1) is 0 Å². The van der Waals surface area contributed by atoms with E-state index >= 15 is 0 Å². The van der Waals surface area contributed by atoms with Gasteiger partial charge in [-0.3, -0.25) is 4.79 Å². The van der Waals surface area contributed by atoms with Crippen LogP contribution in [0.15, 0.2) is 60.7 Å². The van der Waals surface area contributed by atoms with Crippen LogP contribution in [0.3, 0.4) is 0 Å². The molecule has 1 aliphatic heterocycles. The van der Waals surface area contributed by atoms with Crippen LogP contribution in [0.5, 0.6) is 0 Å². The molecule has 2 heterocycles. The van der Waals surface area contributed by atoms with E-state index in [0.29, 0.717) is 26.1 Å². The summed E-state index contributed by atoms with van der Waals surface area (Å²) in [6.07, 6.45) is 0.445. The molecular weight excluding hydrogens is 341 g/mol. The predicted octanol–water partition coefficient (Wildman–Crippen LogP) is 4.27. The number of imidazole rings is 1. The molecule has 0 radical (unpaired) electrons. The summed E-state index contributed by atoms with van der Waals surface area (Å²) >= 11 is 0. The number of benzene rings is 2. The molecule has 4 rings (SSSR count). The van der Waals surface area contributed by atoms with E-state index in [-0.39, 0.29) is 17.6 Å². The fraction of sp³-hybridized carbons (Fsp3) is 0.273. The van der Waals surface area contributed by atoms with Crippen molar-refractivity contribution in [2.24, 2.45) is 0 Å². The van der Waals surface area contributed by atoms with Gasteiger partial charge in [-0.25, -0.2) is 9.37 Å². The molecule has 27 heavy (non-hydrogen) atoms. The molecule has 1 aromatic heterocycles. The van der Waals surface area contributed by atoms with Crippen LogP contribution < -0.4 is 0 Å². The van der Waals surface area contributed by atoms with Crippen molar-refractivity contribution in [2.75, 3.05) is 6.54 Å². The fourth-order valence-corrected chi connectivity index (χ4v) is 3.75. The number of hydrogen-bond donors (Lipinski definition) is 0. The monoisotopic (exact) mass is 363 g/mol. The summed E-state index contributed by atoms with van der Waals surface area (Å²) in [5, 5.41) is 0. The SMILES string of the molecule is C=C(C)Cn1c(C2CC(=O)N(Cc3ccc(F)cc3)C2)nc2ccccc21. The molecule has 5 heteroatoms. The third-order valence-corrected chi connectivity index (χ3v) is 4.98. The van der Waals surface area contributed by atoms with E-state index in [1.165, 1.54) is 12.1 Å². The molecule has 3 aromatic rings. The Labute approximate surface area is 157 Å². The zero-order valence-electron chi connectivity index (χ0n) is 15.4. The van der Waals surface area contributed by atoms with Crippen LogP contribution in [-0.2, 0) is 17.9 Å². The first-order valence-corrected chi connectivity index (χ1v) is 9.13. The van der Waals surface area contributed by atoms with Gasteiger partial charge in [-0.2, -0.15) is 0 Å². The second kappa shape index (κ2) is 6.99. The first kappa shape index (κ1) is 17.5. The highest BCUT2D eigenvalue weighted by Crippen LogP contribution is 2.31. The Kier molecular flexibility index (Phi) is 4.52. The van der Waals surface area contributed by atoms with Crippen molar-refractivity contribution in [3.8, 4) is 0 Å². The molecule has 0 saturated carbocycles. The van der Waals surface area contributed by atoms with Crippen LogP contribution in [0.4, 0.5) is 4.39 Å². The summed E-state index contributed by atoms with van der Waals surface area (Å²) in [5.74, 6) is 0.829. The summed E-state index contributed by atoms with van der Waals surface area (Å²) in [7, 11) is 0. The molecule has 0 bridgehead atoms. The quantitative estimate of drug-likeness (QED) is 0.635. The topological polar surface area (TPSA) is 38.1 Å². The minimum absolute atomic E-state index is 0.0460. The smallest absolute Gasteiger partial charge is 0.223 e. The minimum Gasteiger partial charge on any atom is -0.338 e. The van der Waals surface area contributed by atoms with Gasteiger partial charge in [0.25, 0.3) is 0 Å². The summed E-state index contributed by atoms with van der Waals surface area (Å²) in [5.41, 5.74) is 3.99. The lowest BCUT2D eigenvalue weighted by Gasteiger charge is -2.17. The molecule has 0 spiro atoms. The predicted molar refractivity (Wildman–Crippen MR) is 104 cm³/mol. The van der Waals surface area contributed by atoms with Crippen molar-refractivity contribution >= 4 is 16.9 Å². The van der Waals surface area contributed by atoms with Crippen LogP contribution in [-0.4, -0.2) is 26.9 Å². The Bertz CT molecular complexity index is 1010. The average molecular weight is 363 g/mol. The summed E-state index contributed by atoms with van der Waals surface area (Å²) < 4.78 is 15.3. The maximum Gasteiger partial charge on any atom is 0.223 e. The first-order valence-electron chi connectivity index (χ1n) is 9.13. The van der Waals surface area contributed by atoms with Gasteiger partial charge >= 0.3 is 0 Å². The van der Waals surface area contributed by atoms with Gasteiger partial charge in [0.05, 0.1) is 11.0 Å². The third-order valence-electron chi connectivity index (χ3n) is 4.98. The second-order valence-electron chi connectivity index (χ2n) is 7.30. The fourth-order valence-electron chi connectivity index (χ4n) is 3.75. The summed E-state index contributed by atoms with van der Waals surface area (Å²) in [6.45, 7) is 7.85. The lowest BCUT2D eigenvalue weighted by Crippen LogP contribution is -2.24. The number of fused-ring (bicyclic) bond motifs is 1. The maximum absolute atomic E-state index is 13.1. The molecule has 1 atom stereocenters. The minimum atomic E-state index is -0.266. The molecule has 1 aliphatic rings. The van der Waals surface area contributed by atoms with Gasteiger partial charge < -0.3 is 9.47 Å². The lowest BCUT2D eigenvalue weighted by atomic mass is 10.1. The Hall–Kier alpha value is -2.95. The number of hydrogen-bond acceptors (Lipinski definition) is 2. The number of nitrogens with zero attached hydrogens (tertiary/aromatic N) is 3. The van der Waals surface area contributed by atoms with Crippen molar-refractivity contribution in [2.45, 2.75) is 32.4 Å². The normalized spacial score (nSPS) is 17.0. The number of likely N-dealkylation sites (tertiary alicyclic amines) is 1. The van der Waals surface area contributed by atoms with Crippen LogP contribution in [0.2, 0.25) is 0 Å². The van der Waals surface area contributed by atoms with Gasteiger partial charge in [0, 0.05) is 32.0 Å². The van der Waals surface area contributed by atoms with Gasteiger partial charge in [0.15, 0.2) is 0 Å². The van der Waals surface area contributed by atoms with Crippen molar-refractivity contribution in [1.82, 2.24) is 14.5 Å². The Balaban J connectivity index is 1.61.